The molecule has 2 rings (SSSR count). The van der Waals surface area contributed by atoms with Crippen molar-refractivity contribution in [3.05, 3.63) is 69.8 Å². The van der Waals surface area contributed by atoms with Crippen LogP contribution >= 0.6 is 7.14 Å². The summed E-state index contributed by atoms with van der Waals surface area (Å²) in [5, 5.41) is 0. The highest BCUT2D eigenvalue weighted by Gasteiger charge is 2.46. The molecule has 0 aliphatic heterocycles. The molecule has 0 bridgehead atoms. The number of rotatable bonds is 8. The van der Waals surface area contributed by atoms with Gasteiger partial charge in [-0.15, -0.1) is 0 Å². The summed E-state index contributed by atoms with van der Waals surface area (Å²) in [5.74, 6) is 0. The normalized spacial score (nSPS) is 14.4. The molecular formula is C24H31O3P. The third-order valence-corrected chi connectivity index (χ3v) is 8.98. The Balaban J connectivity index is 2.76. The molecule has 2 aromatic carbocycles. The van der Waals surface area contributed by atoms with Crippen LogP contribution in [0.3, 0.4) is 0 Å². The maximum atomic E-state index is 14.3. The van der Waals surface area contributed by atoms with Crippen molar-refractivity contribution >= 4 is 18.2 Å². The molecule has 0 N–H and O–H groups in total. The SMILES string of the molecule is CCc1cccc(CC)c1C(=O)P(=O)(C(=O)c1c(C)cccc1C)C(C)CC. The van der Waals surface area contributed by atoms with E-state index in [2.05, 4.69) is 0 Å². The van der Waals surface area contributed by atoms with E-state index in [-0.39, 0.29) is 0 Å². The molecule has 0 spiro atoms. The van der Waals surface area contributed by atoms with Gasteiger partial charge in [0.1, 0.15) is 0 Å². The van der Waals surface area contributed by atoms with Crippen molar-refractivity contribution in [3.63, 3.8) is 0 Å². The molecule has 0 aromatic heterocycles. The molecule has 0 aliphatic carbocycles. The molecule has 0 radical (unpaired) electrons. The second kappa shape index (κ2) is 9.01. The van der Waals surface area contributed by atoms with Crippen LogP contribution in [-0.4, -0.2) is 16.7 Å². The van der Waals surface area contributed by atoms with E-state index < -0.39 is 23.8 Å². The molecule has 0 saturated heterocycles. The summed E-state index contributed by atoms with van der Waals surface area (Å²) in [6.45, 7) is 11.3. The van der Waals surface area contributed by atoms with Crippen LogP contribution in [0.25, 0.3) is 0 Å². The van der Waals surface area contributed by atoms with Gasteiger partial charge in [-0.1, -0.05) is 64.1 Å². The maximum absolute atomic E-state index is 14.3. The van der Waals surface area contributed by atoms with Crippen LogP contribution in [0.15, 0.2) is 36.4 Å². The summed E-state index contributed by atoms with van der Waals surface area (Å²) in [5.41, 5.74) is 2.73. The van der Waals surface area contributed by atoms with E-state index >= 15 is 0 Å². The number of hydrogen-bond donors (Lipinski definition) is 0. The van der Waals surface area contributed by atoms with Gasteiger partial charge in [-0.25, -0.2) is 0 Å². The van der Waals surface area contributed by atoms with Gasteiger partial charge in [0.05, 0.1) is 0 Å². The lowest BCUT2D eigenvalue weighted by atomic mass is 9.98. The average Bonchev–Trinajstić information content (AvgIpc) is 2.70. The number of hydrogen-bond acceptors (Lipinski definition) is 3. The largest absolute Gasteiger partial charge is 0.306 e. The van der Waals surface area contributed by atoms with Crippen molar-refractivity contribution < 1.29 is 14.2 Å². The van der Waals surface area contributed by atoms with Crippen molar-refractivity contribution in [2.75, 3.05) is 0 Å². The van der Waals surface area contributed by atoms with Crippen molar-refractivity contribution in [3.8, 4) is 0 Å². The first-order valence-electron chi connectivity index (χ1n) is 10.1. The van der Waals surface area contributed by atoms with Crippen molar-refractivity contribution in [1.29, 1.82) is 0 Å². The Labute approximate surface area is 168 Å². The van der Waals surface area contributed by atoms with E-state index in [1.807, 2.05) is 71.0 Å². The van der Waals surface area contributed by atoms with Gasteiger partial charge < -0.3 is 4.57 Å². The molecule has 4 heteroatoms. The first kappa shape index (κ1) is 22.3. The monoisotopic (exact) mass is 398 g/mol. The number of aryl methyl sites for hydroxylation is 4. The second-order valence-electron chi connectivity index (χ2n) is 7.45. The first-order valence-corrected chi connectivity index (χ1v) is 11.9. The zero-order chi connectivity index (χ0) is 21.1. The van der Waals surface area contributed by atoms with E-state index in [4.69, 9.17) is 0 Å². The second-order valence-corrected chi connectivity index (χ2v) is 10.5. The van der Waals surface area contributed by atoms with Gasteiger partial charge in [0.25, 0.3) is 0 Å². The molecule has 0 saturated carbocycles. The standard InChI is InChI=1S/C24H31O3P/c1-7-18(6)28(27,23(25)21-16(4)12-10-13-17(21)5)24(26)22-19(8-2)14-11-15-20(22)9-3/h10-15,18H,7-9H2,1-6H3. The predicted octanol–water partition coefficient (Wildman–Crippen LogP) is 6.57. The molecule has 2 aromatic rings. The summed E-state index contributed by atoms with van der Waals surface area (Å²) >= 11 is 0. The molecule has 28 heavy (non-hydrogen) atoms. The van der Waals surface area contributed by atoms with Gasteiger partial charge >= 0.3 is 0 Å². The fourth-order valence-electron chi connectivity index (χ4n) is 3.75. The topological polar surface area (TPSA) is 51.2 Å². The fraction of sp³-hybridized carbons (Fsp3) is 0.417. The smallest absolute Gasteiger partial charge is 0.229 e. The lowest BCUT2D eigenvalue weighted by Crippen LogP contribution is -2.22. The highest BCUT2D eigenvalue weighted by Crippen LogP contribution is 2.58. The van der Waals surface area contributed by atoms with Gasteiger partial charge in [-0.05, 0) is 55.4 Å². The summed E-state index contributed by atoms with van der Waals surface area (Å²) < 4.78 is 14.3. The van der Waals surface area contributed by atoms with Crippen LogP contribution in [0.2, 0.25) is 0 Å². The minimum atomic E-state index is -3.85. The summed E-state index contributed by atoms with van der Waals surface area (Å²) in [7, 11) is -3.85. The fourth-order valence-corrected chi connectivity index (χ4v) is 6.55. The Bertz CT molecular complexity index is 900. The Morgan fingerprint density at radius 3 is 1.68 bits per heavy atom. The minimum Gasteiger partial charge on any atom is -0.306 e. The van der Waals surface area contributed by atoms with Gasteiger partial charge in [0, 0.05) is 16.8 Å². The van der Waals surface area contributed by atoms with Gasteiger partial charge in [-0.2, -0.15) is 0 Å². The number of benzene rings is 2. The van der Waals surface area contributed by atoms with E-state index in [9.17, 15) is 14.2 Å². The van der Waals surface area contributed by atoms with Crippen LogP contribution in [0.1, 0.15) is 77.1 Å². The molecule has 0 heterocycles. The third-order valence-electron chi connectivity index (χ3n) is 5.72. The predicted molar refractivity (Wildman–Crippen MR) is 117 cm³/mol. The van der Waals surface area contributed by atoms with Crippen LogP contribution < -0.4 is 0 Å². The minimum absolute atomic E-state index is 0.437. The van der Waals surface area contributed by atoms with Crippen molar-refractivity contribution in [2.24, 2.45) is 0 Å². The van der Waals surface area contributed by atoms with Crippen molar-refractivity contribution in [2.45, 2.75) is 66.5 Å². The van der Waals surface area contributed by atoms with E-state index in [1.165, 1.54) is 0 Å². The van der Waals surface area contributed by atoms with E-state index in [1.54, 1.807) is 6.92 Å². The molecule has 2 unspecified atom stereocenters. The van der Waals surface area contributed by atoms with Crippen LogP contribution in [0, 0.1) is 13.8 Å². The Kier molecular flexibility index (Phi) is 7.17. The van der Waals surface area contributed by atoms with Gasteiger partial charge in [0.15, 0.2) is 0 Å². The molecule has 0 amide bonds. The molecule has 0 fully saturated rings. The summed E-state index contributed by atoms with van der Waals surface area (Å²) in [6.07, 6.45) is 1.83. The van der Waals surface area contributed by atoms with Gasteiger partial charge in [0.2, 0.25) is 18.2 Å². The Hall–Kier alpha value is -1.99. The quantitative estimate of drug-likeness (QED) is 0.473. The van der Waals surface area contributed by atoms with Gasteiger partial charge in [-0.3, -0.25) is 9.59 Å². The van der Waals surface area contributed by atoms with Crippen LogP contribution in [-0.2, 0) is 17.4 Å². The van der Waals surface area contributed by atoms with E-state index in [0.29, 0.717) is 30.4 Å². The molecule has 3 nitrogen and oxygen atoms in total. The summed E-state index contributed by atoms with van der Waals surface area (Å²) in [6, 6.07) is 11.3. The zero-order valence-electron chi connectivity index (χ0n) is 17.8. The highest BCUT2D eigenvalue weighted by atomic mass is 31.2. The van der Waals surface area contributed by atoms with Crippen LogP contribution in [0.4, 0.5) is 0 Å². The van der Waals surface area contributed by atoms with Crippen molar-refractivity contribution in [1.82, 2.24) is 0 Å². The molecule has 0 aliphatic rings. The Morgan fingerprint density at radius 2 is 1.25 bits per heavy atom. The first-order chi connectivity index (χ1) is 13.2. The molecule has 2 atom stereocenters. The lowest BCUT2D eigenvalue weighted by Gasteiger charge is -2.25. The average molecular weight is 398 g/mol. The Morgan fingerprint density at radius 1 is 0.821 bits per heavy atom. The maximum Gasteiger partial charge on any atom is 0.229 e. The molecule has 150 valence electrons. The summed E-state index contributed by atoms with van der Waals surface area (Å²) in [4.78, 5) is 27.4. The molecular weight excluding hydrogens is 367 g/mol. The third kappa shape index (κ3) is 3.78. The van der Waals surface area contributed by atoms with Crippen LogP contribution in [0.5, 0.6) is 0 Å². The zero-order valence-corrected chi connectivity index (χ0v) is 18.7. The lowest BCUT2D eigenvalue weighted by molar-refractivity contribution is 0.103. The number of carbonyl (C=O) groups excluding carboxylic acids is 2. The van der Waals surface area contributed by atoms with E-state index in [0.717, 1.165) is 22.3 Å². The number of carbonyl (C=O) groups is 2. The highest BCUT2D eigenvalue weighted by molar-refractivity contribution is 7.95.